The third-order valence-corrected chi connectivity index (χ3v) is 5.11. The fourth-order valence-corrected chi connectivity index (χ4v) is 3.89. The van der Waals surface area contributed by atoms with Crippen molar-refractivity contribution in [2.75, 3.05) is 5.73 Å². The summed E-state index contributed by atoms with van der Waals surface area (Å²) < 4.78 is 25.4. The average Bonchev–Trinajstić information content (AvgIpc) is 2.54. The van der Waals surface area contributed by atoms with Gasteiger partial charge in [0.1, 0.15) is 6.29 Å². The van der Waals surface area contributed by atoms with E-state index >= 15 is 0 Å². The lowest BCUT2D eigenvalue weighted by Crippen LogP contribution is -2.05. The Balaban J connectivity index is 2.37. The van der Waals surface area contributed by atoms with E-state index in [1.165, 1.54) is 12.1 Å². The van der Waals surface area contributed by atoms with E-state index < -0.39 is 9.84 Å². The molecule has 100 valence electrons. The molecule has 0 saturated heterocycles. The van der Waals surface area contributed by atoms with E-state index in [-0.39, 0.29) is 9.79 Å². The van der Waals surface area contributed by atoms with Crippen molar-refractivity contribution in [3.63, 3.8) is 0 Å². The molecule has 0 spiro atoms. The minimum atomic E-state index is -3.66. The zero-order valence-electron chi connectivity index (χ0n) is 10.4. The van der Waals surface area contributed by atoms with Crippen LogP contribution in [0.15, 0.2) is 46.2 Å². The smallest absolute Gasteiger partial charge is 0.207 e. The summed E-state index contributed by atoms with van der Waals surface area (Å²) in [5.41, 5.74) is 7.64. The molecule has 0 radical (unpaired) electrons. The third-order valence-electron chi connectivity index (χ3n) is 3.23. The molecule has 1 aliphatic heterocycles. The topological polar surface area (TPSA) is 77.2 Å². The molecular formula is C15H11NO3S. The molecule has 0 bridgehead atoms. The van der Waals surface area contributed by atoms with Gasteiger partial charge in [-0.2, -0.15) is 0 Å². The standard InChI is InChI=1S/C15H11NO3S/c16-13-5-6-14-12(8-13)4-3-11-2-1-10(9-17)7-15(11)20(14,18)19/h1-9H,16H2. The van der Waals surface area contributed by atoms with Gasteiger partial charge in [0.25, 0.3) is 0 Å². The van der Waals surface area contributed by atoms with Crippen molar-refractivity contribution >= 4 is 34.0 Å². The van der Waals surface area contributed by atoms with Crippen LogP contribution in [0, 0.1) is 0 Å². The number of carbonyl (C=O) groups is 1. The second kappa shape index (κ2) is 4.31. The fourth-order valence-electron chi connectivity index (χ4n) is 2.23. The quantitative estimate of drug-likeness (QED) is 0.550. The maximum atomic E-state index is 12.7. The van der Waals surface area contributed by atoms with E-state index in [9.17, 15) is 13.2 Å². The highest BCUT2D eigenvalue weighted by Crippen LogP contribution is 2.33. The Labute approximate surface area is 116 Å². The molecule has 1 aliphatic rings. The highest BCUT2D eigenvalue weighted by molar-refractivity contribution is 7.91. The van der Waals surface area contributed by atoms with Crippen molar-refractivity contribution < 1.29 is 13.2 Å². The summed E-state index contributed by atoms with van der Waals surface area (Å²) in [6, 6.07) is 9.29. The minimum Gasteiger partial charge on any atom is -0.399 e. The lowest BCUT2D eigenvalue weighted by molar-refractivity contribution is 0.112. The Morgan fingerprint density at radius 2 is 1.65 bits per heavy atom. The normalized spacial score (nSPS) is 15.0. The maximum absolute atomic E-state index is 12.7. The van der Waals surface area contributed by atoms with E-state index in [4.69, 9.17) is 5.73 Å². The molecule has 1 heterocycles. The van der Waals surface area contributed by atoms with Crippen LogP contribution in [0.3, 0.4) is 0 Å². The Bertz CT molecular complexity index is 851. The molecule has 0 amide bonds. The number of nitrogens with two attached hydrogens (primary N) is 1. The molecule has 0 aromatic heterocycles. The van der Waals surface area contributed by atoms with E-state index in [2.05, 4.69) is 0 Å². The third kappa shape index (κ3) is 1.83. The van der Waals surface area contributed by atoms with Crippen molar-refractivity contribution in [1.29, 1.82) is 0 Å². The molecule has 0 aliphatic carbocycles. The van der Waals surface area contributed by atoms with Crippen LogP contribution in [0.2, 0.25) is 0 Å². The summed E-state index contributed by atoms with van der Waals surface area (Å²) >= 11 is 0. The Hall–Kier alpha value is -2.40. The second-order valence-electron chi connectivity index (χ2n) is 4.55. The van der Waals surface area contributed by atoms with Gasteiger partial charge in [0.15, 0.2) is 0 Å². The van der Waals surface area contributed by atoms with Crippen LogP contribution in [0.1, 0.15) is 21.5 Å². The number of hydrogen-bond donors (Lipinski definition) is 1. The van der Waals surface area contributed by atoms with Gasteiger partial charge in [-0.1, -0.05) is 24.3 Å². The van der Waals surface area contributed by atoms with E-state index in [1.807, 2.05) is 0 Å². The van der Waals surface area contributed by atoms with E-state index in [1.54, 1.807) is 36.4 Å². The van der Waals surface area contributed by atoms with Gasteiger partial charge >= 0.3 is 0 Å². The van der Waals surface area contributed by atoms with Crippen molar-refractivity contribution in [2.45, 2.75) is 9.79 Å². The fraction of sp³-hybridized carbons (Fsp3) is 0. The van der Waals surface area contributed by atoms with Crippen molar-refractivity contribution in [1.82, 2.24) is 0 Å². The van der Waals surface area contributed by atoms with Crippen molar-refractivity contribution in [3.8, 4) is 0 Å². The highest BCUT2D eigenvalue weighted by atomic mass is 32.2. The number of fused-ring (bicyclic) bond motifs is 2. The number of nitrogen functional groups attached to an aromatic ring is 1. The first-order valence-electron chi connectivity index (χ1n) is 5.94. The molecular weight excluding hydrogens is 274 g/mol. The van der Waals surface area contributed by atoms with Crippen LogP contribution in [0.25, 0.3) is 12.2 Å². The average molecular weight is 285 g/mol. The van der Waals surface area contributed by atoms with Crippen LogP contribution >= 0.6 is 0 Å². The van der Waals surface area contributed by atoms with Gasteiger partial charge in [0, 0.05) is 11.3 Å². The Morgan fingerprint density at radius 1 is 0.900 bits per heavy atom. The number of anilines is 1. The molecule has 0 fully saturated rings. The SMILES string of the molecule is Nc1ccc2c(c1)C=Cc1ccc(C=O)cc1S2(=O)=O. The molecule has 2 N–H and O–H groups in total. The van der Waals surface area contributed by atoms with Gasteiger partial charge in [-0.05, 0) is 35.4 Å². The lowest BCUT2D eigenvalue weighted by Gasteiger charge is -2.09. The predicted octanol–water partition coefficient (Wildman–Crippen LogP) is 2.40. The van der Waals surface area contributed by atoms with Gasteiger partial charge in [-0.15, -0.1) is 0 Å². The van der Waals surface area contributed by atoms with Gasteiger partial charge in [-0.3, -0.25) is 4.79 Å². The van der Waals surface area contributed by atoms with Crippen LogP contribution < -0.4 is 5.73 Å². The Morgan fingerprint density at radius 3 is 2.40 bits per heavy atom. The molecule has 2 aromatic rings. The zero-order chi connectivity index (χ0) is 14.3. The molecule has 4 nitrogen and oxygen atoms in total. The molecule has 20 heavy (non-hydrogen) atoms. The maximum Gasteiger partial charge on any atom is 0.207 e. The summed E-state index contributed by atoms with van der Waals surface area (Å²) in [6.45, 7) is 0. The van der Waals surface area contributed by atoms with Gasteiger partial charge < -0.3 is 5.73 Å². The van der Waals surface area contributed by atoms with Gasteiger partial charge in [0.05, 0.1) is 9.79 Å². The summed E-state index contributed by atoms with van der Waals surface area (Å²) in [4.78, 5) is 11.2. The molecule has 3 rings (SSSR count). The summed E-state index contributed by atoms with van der Waals surface area (Å²) in [5.74, 6) is 0. The first-order chi connectivity index (χ1) is 9.52. The number of carbonyl (C=O) groups excluding carboxylic acids is 1. The van der Waals surface area contributed by atoms with Crippen LogP contribution in [0.5, 0.6) is 0 Å². The first kappa shape index (κ1) is 12.6. The molecule has 0 unspecified atom stereocenters. The first-order valence-corrected chi connectivity index (χ1v) is 7.42. The summed E-state index contributed by atoms with van der Waals surface area (Å²) in [6.07, 6.45) is 4.07. The van der Waals surface area contributed by atoms with Crippen molar-refractivity contribution in [2.24, 2.45) is 0 Å². The highest BCUT2D eigenvalue weighted by Gasteiger charge is 2.25. The van der Waals surface area contributed by atoms with Crippen molar-refractivity contribution in [3.05, 3.63) is 53.1 Å². The van der Waals surface area contributed by atoms with E-state index in [0.29, 0.717) is 28.7 Å². The number of rotatable bonds is 1. The monoisotopic (exact) mass is 285 g/mol. The van der Waals surface area contributed by atoms with Crippen LogP contribution in [0.4, 0.5) is 5.69 Å². The number of benzene rings is 2. The summed E-state index contributed by atoms with van der Waals surface area (Å²) in [5, 5.41) is 0. The largest absolute Gasteiger partial charge is 0.399 e. The molecule has 2 aromatic carbocycles. The van der Waals surface area contributed by atoms with E-state index in [0.717, 1.165) is 0 Å². The zero-order valence-corrected chi connectivity index (χ0v) is 11.2. The second-order valence-corrected chi connectivity index (χ2v) is 6.44. The predicted molar refractivity (Wildman–Crippen MR) is 77.1 cm³/mol. The summed E-state index contributed by atoms with van der Waals surface area (Å²) in [7, 11) is -3.66. The minimum absolute atomic E-state index is 0.141. The number of hydrogen-bond acceptors (Lipinski definition) is 4. The van der Waals surface area contributed by atoms with Crippen LogP contribution in [-0.2, 0) is 9.84 Å². The number of sulfone groups is 1. The van der Waals surface area contributed by atoms with Gasteiger partial charge in [-0.25, -0.2) is 8.42 Å². The lowest BCUT2D eigenvalue weighted by atomic mass is 10.1. The molecule has 0 atom stereocenters. The van der Waals surface area contributed by atoms with Crippen LogP contribution in [-0.4, -0.2) is 14.7 Å². The molecule has 0 saturated carbocycles. The molecule has 5 heteroatoms. The number of aldehydes is 1. The van der Waals surface area contributed by atoms with Gasteiger partial charge in [0.2, 0.25) is 9.84 Å². The Kier molecular flexibility index (Phi) is 2.72.